The summed E-state index contributed by atoms with van der Waals surface area (Å²) in [5.74, 6) is -1.86. The number of benzene rings is 1. The van der Waals surface area contributed by atoms with Gasteiger partial charge in [0, 0.05) is 18.0 Å². The van der Waals surface area contributed by atoms with Gasteiger partial charge in [-0.05, 0) is 25.3 Å². The molecule has 1 aromatic carbocycles. The maximum absolute atomic E-state index is 13.9. The highest BCUT2D eigenvalue weighted by atomic mass is 19.1. The lowest BCUT2D eigenvalue weighted by atomic mass is 10.0. The Morgan fingerprint density at radius 3 is 2.65 bits per heavy atom. The van der Waals surface area contributed by atoms with Crippen LogP contribution in [-0.2, 0) is 14.3 Å². The number of morpholine rings is 1. The lowest BCUT2D eigenvalue weighted by Crippen LogP contribution is -2.44. The second-order valence-corrected chi connectivity index (χ2v) is 6.21. The molecular formula is C17H20FNO4. The molecule has 23 heavy (non-hydrogen) atoms. The molecule has 3 atom stereocenters. The smallest absolute Gasteiger partial charge is 0.306 e. The minimum Gasteiger partial charge on any atom is -0.481 e. The Morgan fingerprint density at radius 1 is 1.22 bits per heavy atom. The Bertz CT molecular complexity index is 606. The number of hydrogen-bond donors (Lipinski definition) is 1. The molecule has 3 rings (SSSR count). The number of rotatable bonds is 3. The van der Waals surface area contributed by atoms with Gasteiger partial charge in [0.1, 0.15) is 11.9 Å². The molecule has 124 valence electrons. The van der Waals surface area contributed by atoms with Gasteiger partial charge >= 0.3 is 5.97 Å². The lowest BCUT2D eigenvalue weighted by molar-refractivity contribution is -0.144. The molecule has 1 aliphatic carbocycles. The van der Waals surface area contributed by atoms with Gasteiger partial charge in [0.25, 0.3) is 0 Å². The Labute approximate surface area is 134 Å². The summed E-state index contributed by atoms with van der Waals surface area (Å²) in [6.07, 6.45) is 1.09. The molecule has 1 unspecified atom stereocenters. The van der Waals surface area contributed by atoms with Crippen LogP contribution >= 0.6 is 0 Å². The van der Waals surface area contributed by atoms with Crippen LogP contribution < -0.4 is 0 Å². The molecule has 1 aromatic rings. The van der Waals surface area contributed by atoms with Crippen LogP contribution in [0.25, 0.3) is 0 Å². The van der Waals surface area contributed by atoms with E-state index in [9.17, 15) is 14.0 Å². The van der Waals surface area contributed by atoms with E-state index in [0.29, 0.717) is 44.5 Å². The minimum atomic E-state index is -0.827. The molecule has 1 amide bonds. The third-order valence-corrected chi connectivity index (χ3v) is 4.76. The highest BCUT2D eigenvalue weighted by Crippen LogP contribution is 2.34. The van der Waals surface area contributed by atoms with Crippen molar-refractivity contribution in [1.82, 2.24) is 4.90 Å². The van der Waals surface area contributed by atoms with Crippen LogP contribution in [0.1, 0.15) is 30.9 Å². The van der Waals surface area contributed by atoms with Gasteiger partial charge in [-0.3, -0.25) is 9.59 Å². The molecule has 6 heteroatoms. The van der Waals surface area contributed by atoms with E-state index in [1.165, 1.54) is 6.07 Å². The first-order valence-corrected chi connectivity index (χ1v) is 7.94. The van der Waals surface area contributed by atoms with E-state index in [-0.39, 0.29) is 17.6 Å². The number of carbonyl (C=O) groups is 2. The van der Waals surface area contributed by atoms with E-state index in [2.05, 4.69) is 0 Å². The summed E-state index contributed by atoms with van der Waals surface area (Å²) < 4.78 is 19.5. The lowest BCUT2D eigenvalue weighted by Gasteiger charge is -2.34. The molecule has 0 radical (unpaired) electrons. The quantitative estimate of drug-likeness (QED) is 0.927. The molecule has 1 aliphatic heterocycles. The van der Waals surface area contributed by atoms with Gasteiger partial charge in [0.15, 0.2) is 0 Å². The highest BCUT2D eigenvalue weighted by molar-refractivity contribution is 5.81. The first-order valence-electron chi connectivity index (χ1n) is 7.94. The molecule has 1 heterocycles. The summed E-state index contributed by atoms with van der Waals surface area (Å²) in [5.41, 5.74) is 0.458. The average molecular weight is 321 g/mol. The maximum Gasteiger partial charge on any atom is 0.306 e. The molecule has 1 saturated heterocycles. The molecule has 1 N–H and O–H groups in total. The number of ether oxygens (including phenoxy) is 1. The Balaban J connectivity index is 1.66. The van der Waals surface area contributed by atoms with E-state index in [1.54, 1.807) is 23.1 Å². The van der Waals surface area contributed by atoms with Crippen LogP contribution in [0.4, 0.5) is 4.39 Å². The fourth-order valence-electron chi connectivity index (χ4n) is 3.46. The van der Waals surface area contributed by atoms with Crippen molar-refractivity contribution >= 4 is 11.9 Å². The van der Waals surface area contributed by atoms with Crippen molar-refractivity contribution in [3.8, 4) is 0 Å². The Morgan fingerprint density at radius 2 is 1.96 bits per heavy atom. The van der Waals surface area contributed by atoms with Crippen LogP contribution in [0.3, 0.4) is 0 Å². The zero-order chi connectivity index (χ0) is 16.4. The number of hydrogen-bond acceptors (Lipinski definition) is 3. The molecule has 0 spiro atoms. The fraction of sp³-hybridized carbons (Fsp3) is 0.529. The summed E-state index contributed by atoms with van der Waals surface area (Å²) >= 11 is 0. The van der Waals surface area contributed by atoms with Crippen molar-refractivity contribution in [1.29, 1.82) is 0 Å². The largest absolute Gasteiger partial charge is 0.481 e. The second-order valence-electron chi connectivity index (χ2n) is 6.21. The second kappa shape index (κ2) is 6.66. The molecule has 2 aliphatic rings. The van der Waals surface area contributed by atoms with Gasteiger partial charge in [-0.2, -0.15) is 0 Å². The fourth-order valence-corrected chi connectivity index (χ4v) is 3.46. The summed E-state index contributed by atoms with van der Waals surface area (Å²) in [6, 6.07) is 6.42. The minimum absolute atomic E-state index is 0.0293. The first-order chi connectivity index (χ1) is 11.1. The van der Waals surface area contributed by atoms with Crippen molar-refractivity contribution in [2.24, 2.45) is 11.8 Å². The topological polar surface area (TPSA) is 66.8 Å². The van der Waals surface area contributed by atoms with E-state index in [0.717, 1.165) is 0 Å². The zero-order valence-electron chi connectivity index (χ0n) is 12.8. The standard InChI is InChI=1S/C17H20FNO4/c18-14-4-2-1-3-13(14)15-10-19(7-8-23-15)16(20)11-5-6-12(9-11)17(21)22/h1-4,11-12,15H,5-10H2,(H,21,22)/t11-,12+,15?/m0/s1. The summed E-state index contributed by atoms with van der Waals surface area (Å²) in [5, 5.41) is 9.06. The van der Waals surface area contributed by atoms with Crippen molar-refractivity contribution in [2.75, 3.05) is 19.7 Å². The predicted molar refractivity (Wildman–Crippen MR) is 80.1 cm³/mol. The zero-order valence-corrected chi connectivity index (χ0v) is 12.8. The van der Waals surface area contributed by atoms with E-state index < -0.39 is 18.0 Å². The SMILES string of the molecule is O=C(O)[C@@H]1CC[C@H](C(=O)N2CCOC(c3ccccc3F)C2)C1. The van der Waals surface area contributed by atoms with Gasteiger partial charge in [0.05, 0.1) is 19.1 Å². The van der Waals surface area contributed by atoms with Crippen LogP contribution in [0.15, 0.2) is 24.3 Å². The van der Waals surface area contributed by atoms with Crippen molar-refractivity contribution in [2.45, 2.75) is 25.4 Å². The third-order valence-electron chi connectivity index (χ3n) is 4.76. The summed E-state index contributed by atoms with van der Waals surface area (Å²) in [7, 11) is 0. The molecule has 0 aromatic heterocycles. The Kier molecular flexibility index (Phi) is 4.61. The van der Waals surface area contributed by atoms with Crippen LogP contribution in [0.2, 0.25) is 0 Å². The number of nitrogens with zero attached hydrogens (tertiary/aromatic N) is 1. The van der Waals surface area contributed by atoms with Crippen LogP contribution in [0.5, 0.6) is 0 Å². The van der Waals surface area contributed by atoms with Crippen LogP contribution in [-0.4, -0.2) is 41.6 Å². The monoisotopic (exact) mass is 321 g/mol. The van der Waals surface area contributed by atoms with E-state index in [1.807, 2.05) is 0 Å². The predicted octanol–water partition coefficient (Wildman–Crippen LogP) is 2.23. The van der Waals surface area contributed by atoms with E-state index >= 15 is 0 Å². The van der Waals surface area contributed by atoms with Gasteiger partial charge in [-0.25, -0.2) is 4.39 Å². The third kappa shape index (κ3) is 3.37. The average Bonchev–Trinajstić information content (AvgIpc) is 3.05. The van der Waals surface area contributed by atoms with Crippen molar-refractivity contribution in [3.05, 3.63) is 35.6 Å². The first kappa shape index (κ1) is 15.9. The molecule has 5 nitrogen and oxygen atoms in total. The van der Waals surface area contributed by atoms with Crippen molar-refractivity contribution < 1.29 is 23.8 Å². The number of aliphatic carboxylic acids is 1. The number of amides is 1. The highest BCUT2D eigenvalue weighted by Gasteiger charge is 2.37. The number of carbonyl (C=O) groups excluding carboxylic acids is 1. The van der Waals surface area contributed by atoms with Gasteiger partial charge in [0.2, 0.25) is 5.91 Å². The molecule has 0 bridgehead atoms. The number of carboxylic acids is 1. The van der Waals surface area contributed by atoms with Crippen LogP contribution in [0, 0.1) is 17.7 Å². The Hall–Kier alpha value is -1.95. The normalized spacial score (nSPS) is 27.9. The number of halogens is 1. The van der Waals surface area contributed by atoms with E-state index in [4.69, 9.17) is 9.84 Å². The maximum atomic E-state index is 13.9. The molecule has 1 saturated carbocycles. The van der Waals surface area contributed by atoms with Gasteiger partial charge < -0.3 is 14.7 Å². The molecular weight excluding hydrogens is 301 g/mol. The summed E-state index contributed by atoms with van der Waals surface area (Å²) in [6.45, 7) is 1.14. The number of carboxylic acid groups (broad SMARTS) is 1. The molecule has 2 fully saturated rings. The van der Waals surface area contributed by atoms with Gasteiger partial charge in [-0.15, -0.1) is 0 Å². The summed E-state index contributed by atoms with van der Waals surface area (Å²) in [4.78, 5) is 25.3. The van der Waals surface area contributed by atoms with Gasteiger partial charge in [-0.1, -0.05) is 18.2 Å². The van der Waals surface area contributed by atoms with Crippen molar-refractivity contribution in [3.63, 3.8) is 0 Å².